The van der Waals surface area contributed by atoms with Gasteiger partial charge >= 0.3 is 12.1 Å². The summed E-state index contributed by atoms with van der Waals surface area (Å²) in [6.45, 7) is 10.5. The highest BCUT2D eigenvalue weighted by Gasteiger charge is 2.30. The van der Waals surface area contributed by atoms with E-state index in [2.05, 4.69) is 15.3 Å². The minimum Gasteiger partial charge on any atom is -0.458 e. The van der Waals surface area contributed by atoms with E-state index in [0.717, 1.165) is 0 Å². The molecule has 1 N–H and O–H groups in total. The van der Waals surface area contributed by atoms with Gasteiger partial charge in [-0.3, -0.25) is 0 Å². The lowest BCUT2D eigenvalue weighted by molar-refractivity contribution is -0.157. The minimum absolute atomic E-state index is 0.148. The van der Waals surface area contributed by atoms with Gasteiger partial charge in [-0.2, -0.15) is 5.26 Å². The molecule has 0 aliphatic carbocycles. The fraction of sp³-hybridized carbons (Fsp3) is 0.526. The molecule has 0 saturated carbocycles. The number of esters is 1. The van der Waals surface area contributed by atoms with Gasteiger partial charge < -0.3 is 14.8 Å². The molecule has 1 amide bonds. The number of ether oxygens (including phenoxy) is 2. The van der Waals surface area contributed by atoms with Crippen LogP contribution in [0, 0.1) is 11.3 Å². The fourth-order valence-electron chi connectivity index (χ4n) is 2.14. The summed E-state index contributed by atoms with van der Waals surface area (Å²) in [5.41, 5.74) is -0.442. The molecular formula is C19H24N4O4S2. The summed E-state index contributed by atoms with van der Waals surface area (Å²) in [4.78, 5) is 33.5. The third-order valence-electron chi connectivity index (χ3n) is 3.15. The number of carbonyl (C=O) groups excluding carboxylic acids is 2. The number of hydrogen-bond donors (Lipinski definition) is 1. The Balaban J connectivity index is 2.17. The normalized spacial score (nSPS) is 12.7. The van der Waals surface area contributed by atoms with Crippen LogP contribution in [0.1, 0.15) is 52.2 Å². The molecule has 2 rings (SSSR count). The van der Waals surface area contributed by atoms with Crippen LogP contribution in [0.15, 0.2) is 10.8 Å². The van der Waals surface area contributed by atoms with Crippen molar-refractivity contribution in [2.24, 2.45) is 0 Å². The Morgan fingerprint density at radius 3 is 2.31 bits per heavy atom. The number of nitriles is 1. The first kappa shape index (κ1) is 22.8. The molecule has 2 aromatic rings. The third kappa shape index (κ3) is 7.44. The van der Waals surface area contributed by atoms with Crippen LogP contribution in [0.3, 0.4) is 0 Å². The van der Waals surface area contributed by atoms with Gasteiger partial charge in [-0.1, -0.05) is 0 Å². The number of amides is 1. The quantitative estimate of drug-likeness (QED) is 0.707. The number of aromatic nitrogens is 2. The molecule has 156 valence electrons. The van der Waals surface area contributed by atoms with Gasteiger partial charge in [0.15, 0.2) is 5.69 Å². The highest BCUT2D eigenvalue weighted by atomic mass is 32.1. The molecule has 0 radical (unpaired) electrons. The van der Waals surface area contributed by atoms with Crippen LogP contribution >= 0.6 is 22.7 Å². The fourth-order valence-corrected chi connectivity index (χ4v) is 3.74. The van der Waals surface area contributed by atoms with E-state index >= 15 is 0 Å². The number of hydrogen-bond acceptors (Lipinski definition) is 9. The van der Waals surface area contributed by atoms with Gasteiger partial charge in [0, 0.05) is 17.2 Å². The first-order chi connectivity index (χ1) is 13.4. The second-order valence-corrected chi connectivity index (χ2v) is 10.0. The van der Waals surface area contributed by atoms with E-state index < -0.39 is 29.3 Å². The molecule has 2 aromatic heterocycles. The first-order valence-corrected chi connectivity index (χ1v) is 10.6. The molecule has 0 spiro atoms. The highest BCUT2D eigenvalue weighted by Crippen LogP contribution is 2.26. The Morgan fingerprint density at radius 1 is 1.10 bits per heavy atom. The van der Waals surface area contributed by atoms with E-state index in [1.54, 1.807) is 52.3 Å². The van der Waals surface area contributed by atoms with Crippen molar-refractivity contribution in [1.82, 2.24) is 15.3 Å². The monoisotopic (exact) mass is 436 g/mol. The molecule has 8 nitrogen and oxygen atoms in total. The maximum Gasteiger partial charge on any atom is 0.408 e. The molecule has 0 fully saturated rings. The van der Waals surface area contributed by atoms with Crippen molar-refractivity contribution in [3.05, 3.63) is 21.5 Å². The van der Waals surface area contributed by atoms with Gasteiger partial charge in [0.05, 0.1) is 5.01 Å². The zero-order valence-electron chi connectivity index (χ0n) is 17.2. The average molecular weight is 437 g/mol. The molecule has 0 saturated heterocycles. The van der Waals surface area contributed by atoms with Gasteiger partial charge in [-0.05, 0) is 41.5 Å². The van der Waals surface area contributed by atoms with Gasteiger partial charge in [0.2, 0.25) is 0 Å². The van der Waals surface area contributed by atoms with Crippen molar-refractivity contribution in [3.8, 4) is 16.8 Å². The van der Waals surface area contributed by atoms with E-state index in [4.69, 9.17) is 14.7 Å². The van der Waals surface area contributed by atoms with Crippen molar-refractivity contribution < 1.29 is 19.1 Å². The molecule has 0 aliphatic heterocycles. The summed E-state index contributed by atoms with van der Waals surface area (Å²) in [5.74, 6) is -0.568. The molecule has 0 aromatic carbocycles. The third-order valence-corrected chi connectivity index (χ3v) is 4.89. The predicted molar refractivity (Wildman–Crippen MR) is 111 cm³/mol. The van der Waals surface area contributed by atoms with E-state index in [1.807, 2.05) is 6.07 Å². The van der Waals surface area contributed by atoms with Gasteiger partial charge in [-0.25, -0.2) is 19.6 Å². The summed E-state index contributed by atoms with van der Waals surface area (Å²) < 4.78 is 10.7. The standard InChI is InChI=1S/C19H24N4O4S2/c1-18(2,3)26-16(24)12(23-17(25)27-19(4,5)6)7-14-22-13(10-28-14)15-21-11(8-20)9-29-15/h9-10,12H,7H2,1-6H3,(H,23,25)/t12-/m0/s1. The zero-order valence-corrected chi connectivity index (χ0v) is 18.9. The van der Waals surface area contributed by atoms with Gasteiger partial charge in [0.25, 0.3) is 0 Å². The van der Waals surface area contributed by atoms with Gasteiger partial charge in [-0.15, -0.1) is 22.7 Å². The van der Waals surface area contributed by atoms with E-state index in [0.29, 0.717) is 21.4 Å². The van der Waals surface area contributed by atoms with Crippen molar-refractivity contribution in [2.45, 2.75) is 65.2 Å². The van der Waals surface area contributed by atoms with E-state index in [-0.39, 0.29) is 6.42 Å². The first-order valence-electron chi connectivity index (χ1n) is 8.89. The lowest BCUT2D eigenvalue weighted by Gasteiger charge is -2.25. The van der Waals surface area contributed by atoms with Gasteiger partial charge in [0.1, 0.15) is 34.0 Å². The topological polar surface area (TPSA) is 114 Å². The van der Waals surface area contributed by atoms with Crippen LogP contribution in [0.5, 0.6) is 0 Å². The Hall–Kier alpha value is -2.51. The van der Waals surface area contributed by atoms with Crippen LogP contribution in [0.25, 0.3) is 10.7 Å². The van der Waals surface area contributed by atoms with Crippen LogP contribution in [0.4, 0.5) is 4.79 Å². The summed E-state index contributed by atoms with van der Waals surface area (Å²) >= 11 is 2.66. The van der Waals surface area contributed by atoms with Crippen LogP contribution in [0.2, 0.25) is 0 Å². The number of rotatable bonds is 5. The predicted octanol–water partition coefficient (Wildman–Crippen LogP) is 3.92. The van der Waals surface area contributed by atoms with Crippen molar-refractivity contribution in [1.29, 1.82) is 5.26 Å². The maximum absolute atomic E-state index is 12.6. The largest absolute Gasteiger partial charge is 0.458 e. The summed E-state index contributed by atoms with van der Waals surface area (Å²) in [6, 6.07) is 1.04. The van der Waals surface area contributed by atoms with E-state index in [9.17, 15) is 9.59 Å². The summed E-state index contributed by atoms with van der Waals surface area (Å²) in [6.07, 6.45) is -0.557. The second-order valence-electron chi connectivity index (χ2n) is 8.21. The van der Waals surface area contributed by atoms with Crippen LogP contribution in [-0.2, 0) is 20.7 Å². The second kappa shape index (κ2) is 8.88. The molecule has 0 bridgehead atoms. The van der Waals surface area contributed by atoms with Crippen LogP contribution in [-0.4, -0.2) is 39.3 Å². The molecule has 0 aliphatic rings. The lowest BCUT2D eigenvalue weighted by atomic mass is 10.1. The zero-order chi connectivity index (χ0) is 21.8. The Kier molecular flexibility index (Phi) is 6.97. The van der Waals surface area contributed by atoms with Crippen LogP contribution < -0.4 is 5.32 Å². The molecule has 29 heavy (non-hydrogen) atoms. The van der Waals surface area contributed by atoms with Crippen molar-refractivity contribution in [2.75, 3.05) is 0 Å². The average Bonchev–Trinajstić information content (AvgIpc) is 3.19. The Morgan fingerprint density at radius 2 is 1.76 bits per heavy atom. The maximum atomic E-state index is 12.6. The SMILES string of the molecule is CC(C)(C)OC(=O)N[C@@H](Cc1nc(-c2nc(C#N)cs2)cs1)C(=O)OC(C)(C)C. The molecule has 2 heterocycles. The number of carbonyl (C=O) groups is 2. The number of alkyl carbamates (subject to hydrolysis) is 1. The molecule has 1 atom stereocenters. The molecular weight excluding hydrogens is 412 g/mol. The number of nitrogens with zero attached hydrogens (tertiary/aromatic N) is 3. The number of nitrogens with one attached hydrogen (secondary N) is 1. The van der Waals surface area contributed by atoms with Crippen molar-refractivity contribution >= 4 is 34.7 Å². The number of thiazole rings is 2. The van der Waals surface area contributed by atoms with Crippen molar-refractivity contribution in [3.63, 3.8) is 0 Å². The molecule has 0 unspecified atom stereocenters. The Bertz CT molecular complexity index is 916. The Labute approximate surface area is 177 Å². The summed E-state index contributed by atoms with van der Waals surface area (Å²) in [5, 5.41) is 16.2. The lowest BCUT2D eigenvalue weighted by Crippen LogP contribution is -2.47. The minimum atomic E-state index is -0.950. The summed E-state index contributed by atoms with van der Waals surface area (Å²) in [7, 11) is 0. The highest BCUT2D eigenvalue weighted by molar-refractivity contribution is 7.14. The smallest absolute Gasteiger partial charge is 0.408 e. The molecule has 10 heteroatoms. The van der Waals surface area contributed by atoms with E-state index in [1.165, 1.54) is 22.7 Å².